The molecule has 1 amide bonds. The third kappa shape index (κ3) is 4.78. The van der Waals surface area contributed by atoms with Gasteiger partial charge in [0.15, 0.2) is 0 Å². The van der Waals surface area contributed by atoms with Gasteiger partial charge in [-0.05, 0) is 42.4 Å². The van der Waals surface area contributed by atoms with E-state index in [9.17, 15) is 13.2 Å². The van der Waals surface area contributed by atoms with Gasteiger partial charge in [-0.1, -0.05) is 24.3 Å². The summed E-state index contributed by atoms with van der Waals surface area (Å²) < 4.78 is 27.5. The molecular formula is C18H19N5O3S. The Labute approximate surface area is 157 Å². The Hall–Kier alpha value is -3.04. The molecule has 27 heavy (non-hydrogen) atoms. The topological polar surface area (TPSA) is 106 Å². The first-order chi connectivity index (χ1) is 13.0. The second-order valence-corrected chi connectivity index (χ2v) is 7.73. The van der Waals surface area contributed by atoms with Gasteiger partial charge in [-0.2, -0.15) is 5.10 Å². The van der Waals surface area contributed by atoms with Gasteiger partial charge in [0.25, 0.3) is 5.91 Å². The van der Waals surface area contributed by atoms with Crippen molar-refractivity contribution in [2.45, 2.75) is 12.3 Å². The largest absolute Gasteiger partial charge is 0.348 e. The average Bonchev–Trinajstić information content (AvgIpc) is 3.22. The molecule has 1 heterocycles. The summed E-state index contributed by atoms with van der Waals surface area (Å²) in [5.41, 5.74) is 2.70. The van der Waals surface area contributed by atoms with Crippen LogP contribution in [-0.4, -0.2) is 36.1 Å². The highest BCUT2D eigenvalue weighted by molar-refractivity contribution is 7.88. The number of sulfonamides is 1. The number of rotatable bonds is 7. The minimum atomic E-state index is -3.39. The van der Waals surface area contributed by atoms with E-state index in [4.69, 9.17) is 0 Å². The van der Waals surface area contributed by atoms with Crippen LogP contribution < -0.4 is 10.0 Å². The Kier molecular flexibility index (Phi) is 5.63. The van der Waals surface area contributed by atoms with Crippen LogP contribution in [0.25, 0.3) is 5.69 Å². The maximum Gasteiger partial charge on any atom is 0.251 e. The predicted molar refractivity (Wildman–Crippen MR) is 101 cm³/mol. The second-order valence-electron chi connectivity index (χ2n) is 5.80. The smallest absolute Gasteiger partial charge is 0.251 e. The van der Waals surface area contributed by atoms with Gasteiger partial charge in [0.2, 0.25) is 10.0 Å². The molecule has 0 aliphatic heterocycles. The van der Waals surface area contributed by atoms with Gasteiger partial charge in [0, 0.05) is 12.1 Å². The van der Waals surface area contributed by atoms with Gasteiger partial charge < -0.3 is 5.32 Å². The number of hydrogen-bond donors (Lipinski definition) is 2. The Morgan fingerprint density at radius 3 is 2.41 bits per heavy atom. The lowest BCUT2D eigenvalue weighted by Crippen LogP contribution is -2.25. The summed E-state index contributed by atoms with van der Waals surface area (Å²) >= 11 is 0. The maximum absolute atomic E-state index is 12.4. The normalized spacial score (nSPS) is 11.3. The van der Waals surface area contributed by atoms with E-state index < -0.39 is 10.0 Å². The Bertz CT molecular complexity index is 1020. The molecule has 0 bridgehead atoms. The molecule has 0 radical (unpaired) electrons. The van der Waals surface area contributed by atoms with Crippen LogP contribution in [0.4, 0.5) is 0 Å². The van der Waals surface area contributed by atoms with E-state index in [2.05, 4.69) is 20.1 Å². The Balaban J connectivity index is 1.67. The van der Waals surface area contributed by atoms with Crippen LogP contribution >= 0.6 is 0 Å². The molecule has 0 atom stereocenters. The molecule has 9 heteroatoms. The average molecular weight is 385 g/mol. The number of nitrogens with zero attached hydrogens (tertiary/aromatic N) is 3. The SMILES string of the molecule is CNS(=O)(=O)Cc1ccccc1CNC(=O)c1ccc(-n2cncn2)cc1. The molecule has 1 aromatic heterocycles. The summed E-state index contributed by atoms with van der Waals surface area (Å²) in [4.78, 5) is 16.3. The third-order valence-corrected chi connectivity index (χ3v) is 5.34. The highest BCUT2D eigenvalue weighted by atomic mass is 32.2. The van der Waals surface area contributed by atoms with Crippen LogP contribution in [0.2, 0.25) is 0 Å². The van der Waals surface area contributed by atoms with Gasteiger partial charge in [-0.25, -0.2) is 22.8 Å². The third-order valence-electron chi connectivity index (χ3n) is 4.03. The van der Waals surface area contributed by atoms with E-state index in [0.717, 1.165) is 11.3 Å². The van der Waals surface area contributed by atoms with Gasteiger partial charge in [0.05, 0.1) is 11.4 Å². The second kappa shape index (κ2) is 8.11. The van der Waals surface area contributed by atoms with Crippen molar-refractivity contribution in [1.82, 2.24) is 24.8 Å². The monoisotopic (exact) mass is 385 g/mol. The minimum Gasteiger partial charge on any atom is -0.348 e. The lowest BCUT2D eigenvalue weighted by atomic mass is 10.1. The maximum atomic E-state index is 12.4. The summed E-state index contributed by atoms with van der Waals surface area (Å²) in [5.74, 6) is -0.381. The molecule has 0 spiro atoms. The molecule has 3 rings (SSSR count). The van der Waals surface area contributed by atoms with Gasteiger partial charge in [0.1, 0.15) is 12.7 Å². The molecule has 140 valence electrons. The number of amides is 1. The fourth-order valence-electron chi connectivity index (χ4n) is 2.53. The Morgan fingerprint density at radius 2 is 1.78 bits per heavy atom. The zero-order valence-electron chi connectivity index (χ0n) is 14.7. The first kappa shape index (κ1) is 18.7. The van der Waals surface area contributed by atoms with Crippen LogP contribution in [0, 0.1) is 0 Å². The van der Waals surface area contributed by atoms with E-state index >= 15 is 0 Å². The number of benzene rings is 2. The predicted octanol–water partition coefficient (Wildman–Crippen LogP) is 1.25. The van der Waals surface area contributed by atoms with Gasteiger partial charge >= 0.3 is 0 Å². The molecule has 0 aliphatic carbocycles. The van der Waals surface area contributed by atoms with Gasteiger partial charge in [-0.3, -0.25) is 4.79 Å². The standard InChI is InChI=1S/C18H19N5O3S/c1-19-27(25,26)11-16-5-3-2-4-15(16)10-21-18(24)14-6-8-17(9-7-14)23-13-20-12-22-23/h2-9,12-13,19H,10-11H2,1H3,(H,21,24). The first-order valence-electron chi connectivity index (χ1n) is 8.20. The number of hydrogen-bond acceptors (Lipinski definition) is 5. The minimum absolute atomic E-state index is 0.137. The molecule has 2 N–H and O–H groups in total. The molecule has 2 aromatic carbocycles. The molecule has 0 fully saturated rings. The molecular weight excluding hydrogens is 366 g/mol. The van der Waals surface area contributed by atoms with Crippen LogP contribution in [0.15, 0.2) is 61.2 Å². The van der Waals surface area contributed by atoms with Crippen molar-refractivity contribution in [2.75, 3.05) is 7.05 Å². The number of nitrogens with one attached hydrogen (secondary N) is 2. The van der Waals surface area contributed by atoms with Crippen LogP contribution in [0.1, 0.15) is 21.5 Å². The molecule has 0 unspecified atom stereocenters. The zero-order valence-corrected chi connectivity index (χ0v) is 15.5. The summed E-state index contributed by atoms with van der Waals surface area (Å²) in [7, 11) is -2.01. The fourth-order valence-corrected chi connectivity index (χ4v) is 3.37. The van der Waals surface area contributed by atoms with Crippen molar-refractivity contribution in [1.29, 1.82) is 0 Å². The Morgan fingerprint density at radius 1 is 1.07 bits per heavy atom. The van der Waals surface area contributed by atoms with E-state index in [-0.39, 0.29) is 18.2 Å². The summed E-state index contributed by atoms with van der Waals surface area (Å²) in [6.45, 7) is 0.235. The quantitative estimate of drug-likeness (QED) is 0.637. The van der Waals surface area contributed by atoms with Crippen molar-refractivity contribution in [3.63, 3.8) is 0 Å². The molecule has 0 aliphatic rings. The van der Waals surface area contributed by atoms with E-state index in [1.54, 1.807) is 53.5 Å². The van der Waals surface area contributed by atoms with E-state index in [1.165, 1.54) is 13.4 Å². The van der Waals surface area contributed by atoms with Crippen molar-refractivity contribution in [3.05, 3.63) is 77.9 Å². The van der Waals surface area contributed by atoms with Crippen molar-refractivity contribution < 1.29 is 13.2 Å². The summed E-state index contributed by atoms with van der Waals surface area (Å²) in [6, 6.07) is 14.1. The van der Waals surface area contributed by atoms with Crippen LogP contribution in [-0.2, 0) is 22.3 Å². The number of carbonyl (C=O) groups is 1. The highest BCUT2D eigenvalue weighted by Crippen LogP contribution is 2.13. The highest BCUT2D eigenvalue weighted by Gasteiger charge is 2.13. The van der Waals surface area contributed by atoms with E-state index in [0.29, 0.717) is 11.1 Å². The lowest BCUT2D eigenvalue weighted by molar-refractivity contribution is 0.0951. The lowest BCUT2D eigenvalue weighted by Gasteiger charge is -2.11. The van der Waals surface area contributed by atoms with Crippen molar-refractivity contribution in [2.24, 2.45) is 0 Å². The van der Waals surface area contributed by atoms with Crippen LogP contribution in [0.5, 0.6) is 0 Å². The van der Waals surface area contributed by atoms with Crippen molar-refractivity contribution >= 4 is 15.9 Å². The molecule has 0 saturated carbocycles. The molecule has 8 nitrogen and oxygen atoms in total. The van der Waals surface area contributed by atoms with Gasteiger partial charge in [-0.15, -0.1) is 0 Å². The van der Waals surface area contributed by atoms with E-state index in [1.807, 2.05) is 6.07 Å². The van der Waals surface area contributed by atoms with Crippen molar-refractivity contribution in [3.8, 4) is 5.69 Å². The number of aromatic nitrogens is 3. The zero-order chi connectivity index (χ0) is 19.3. The van der Waals surface area contributed by atoms with Crippen LogP contribution in [0.3, 0.4) is 0 Å². The first-order valence-corrected chi connectivity index (χ1v) is 9.85. The molecule has 0 saturated heterocycles. The summed E-state index contributed by atoms with van der Waals surface area (Å²) in [5, 5.41) is 6.86. The number of carbonyl (C=O) groups excluding carboxylic acids is 1. The summed E-state index contributed by atoms with van der Waals surface area (Å²) in [6.07, 6.45) is 3.01. The fraction of sp³-hybridized carbons (Fsp3) is 0.167. The molecule has 3 aromatic rings.